The number of benzene rings is 2. The standard InChI is InChI=1S/C23H29BrN2O4S/c1-5-23(6-2)14-20(18-9-7-8-10-21(18)30-23)25-22(27)15-26(31(4,28)29)17-11-12-19(24)16(3)13-17/h7-13,20H,5-6,14-15H2,1-4H3,(H,25,27)/t20-/m0/s1. The second kappa shape index (κ2) is 9.20. The smallest absolute Gasteiger partial charge is 0.241 e. The van der Waals surface area contributed by atoms with Gasteiger partial charge in [-0.15, -0.1) is 0 Å². The summed E-state index contributed by atoms with van der Waals surface area (Å²) in [6.07, 6.45) is 3.38. The summed E-state index contributed by atoms with van der Waals surface area (Å²) >= 11 is 3.43. The number of aryl methyl sites for hydroxylation is 1. The van der Waals surface area contributed by atoms with Crippen molar-refractivity contribution < 1.29 is 17.9 Å². The molecule has 3 rings (SSSR count). The van der Waals surface area contributed by atoms with Crippen LogP contribution >= 0.6 is 15.9 Å². The number of nitrogens with one attached hydrogen (secondary N) is 1. The normalized spacial score (nSPS) is 17.4. The van der Waals surface area contributed by atoms with E-state index in [-0.39, 0.29) is 24.1 Å². The molecule has 0 aliphatic carbocycles. The minimum absolute atomic E-state index is 0.245. The second-order valence-electron chi connectivity index (χ2n) is 8.06. The molecule has 0 aromatic heterocycles. The largest absolute Gasteiger partial charge is 0.487 e. The summed E-state index contributed by atoms with van der Waals surface area (Å²) in [6, 6.07) is 12.7. The first-order valence-electron chi connectivity index (χ1n) is 10.4. The SMILES string of the molecule is CCC1(CC)C[C@H](NC(=O)CN(c2ccc(Br)c(C)c2)S(C)(=O)=O)c2ccccc2O1. The molecule has 0 radical (unpaired) electrons. The van der Waals surface area contributed by atoms with Gasteiger partial charge in [-0.3, -0.25) is 9.10 Å². The van der Waals surface area contributed by atoms with Crippen LogP contribution in [0.5, 0.6) is 5.75 Å². The van der Waals surface area contributed by atoms with Crippen molar-refractivity contribution in [1.82, 2.24) is 5.32 Å². The number of rotatable bonds is 7. The molecular weight excluding hydrogens is 480 g/mol. The van der Waals surface area contributed by atoms with Crippen LogP contribution in [0.1, 0.15) is 50.3 Å². The molecule has 6 nitrogen and oxygen atoms in total. The Morgan fingerprint density at radius 3 is 2.52 bits per heavy atom. The van der Waals surface area contributed by atoms with Crippen LogP contribution in [-0.2, 0) is 14.8 Å². The topological polar surface area (TPSA) is 75.7 Å². The molecule has 2 aromatic rings. The molecule has 1 N–H and O–H groups in total. The van der Waals surface area contributed by atoms with E-state index in [1.54, 1.807) is 18.2 Å². The van der Waals surface area contributed by atoms with Gasteiger partial charge in [0.15, 0.2) is 0 Å². The average Bonchev–Trinajstić information content (AvgIpc) is 2.73. The summed E-state index contributed by atoms with van der Waals surface area (Å²) in [6.45, 7) is 5.75. The van der Waals surface area contributed by atoms with Gasteiger partial charge in [0.2, 0.25) is 15.9 Å². The Labute approximate surface area is 193 Å². The highest BCUT2D eigenvalue weighted by atomic mass is 79.9. The van der Waals surface area contributed by atoms with Gasteiger partial charge < -0.3 is 10.1 Å². The fraction of sp³-hybridized carbons (Fsp3) is 0.435. The molecule has 1 aliphatic rings. The zero-order valence-electron chi connectivity index (χ0n) is 18.3. The number of halogens is 1. The van der Waals surface area contributed by atoms with Crippen molar-refractivity contribution in [2.45, 2.75) is 51.7 Å². The van der Waals surface area contributed by atoms with Crippen LogP contribution in [0.25, 0.3) is 0 Å². The Morgan fingerprint density at radius 1 is 1.23 bits per heavy atom. The molecule has 1 amide bonds. The predicted octanol–water partition coefficient (Wildman–Crippen LogP) is 4.72. The summed E-state index contributed by atoms with van der Waals surface area (Å²) in [5.41, 5.74) is 1.91. The predicted molar refractivity (Wildman–Crippen MR) is 127 cm³/mol. The van der Waals surface area contributed by atoms with Crippen LogP contribution in [0.15, 0.2) is 46.9 Å². The van der Waals surface area contributed by atoms with Crippen molar-refractivity contribution in [2.75, 3.05) is 17.1 Å². The molecule has 168 valence electrons. The monoisotopic (exact) mass is 508 g/mol. The van der Waals surface area contributed by atoms with Gasteiger partial charge in [-0.1, -0.05) is 48.0 Å². The van der Waals surface area contributed by atoms with Gasteiger partial charge in [-0.05, 0) is 49.6 Å². The fourth-order valence-corrected chi connectivity index (χ4v) is 5.08. The lowest BCUT2D eigenvalue weighted by atomic mass is 9.83. The molecule has 2 aromatic carbocycles. The Kier molecular flexibility index (Phi) is 7.01. The van der Waals surface area contributed by atoms with Gasteiger partial charge in [-0.25, -0.2) is 8.42 Å². The van der Waals surface area contributed by atoms with Crippen molar-refractivity contribution in [2.24, 2.45) is 0 Å². The number of carbonyl (C=O) groups is 1. The maximum Gasteiger partial charge on any atom is 0.241 e. The van der Waals surface area contributed by atoms with E-state index in [2.05, 4.69) is 35.1 Å². The van der Waals surface area contributed by atoms with Gasteiger partial charge >= 0.3 is 0 Å². The third kappa shape index (κ3) is 5.23. The lowest BCUT2D eigenvalue weighted by Crippen LogP contribution is -2.47. The maximum absolute atomic E-state index is 13.0. The molecule has 0 bridgehead atoms. The molecule has 1 aliphatic heterocycles. The van der Waals surface area contributed by atoms with Gasteiger partial charge in [0.1, 0.15) is 17.9 Å². The number of para-hydroxylation sites is 1. The Hall–Kier alpha value is -2.06. The van der Waals surface area contributed by atoms with Crippen LogP contribution in [0, 0.1) is 6.92 Å². The Morgan fingerprint density at radius 2 is 1.90 bits per heavy atom. The highest BCUT2D eigenvalue weighted by Gasteiger charge is 2.39. The van der Waals surface area contributed by atoms with Crippen LogP contribution in [0.2, 0.25) is 0 Å². The fourth-order valence-electron chi connectivity index (χ4n) is 3.98. The first kappa shape index (κ1) is 23.6. The summed E-state index contributed by atoms with van der Waals surface area (Å²) < 4.78 is 33.2. The summed E-state index contributed by atoms with van der Waals surface area (Å²) in [5.74, 6) is 0.417. The Balaban J connectivity index is 1.86. The van der Waals surface area contributed by atoms with E-state index in [9.17, 15) is 13.2 Å². The Bertz CT molecular complexity index is 1070. The third-order valence-corrected chi connectivity index (χ3v) is 7.97. The molecule has 1 heterocycles. The van der Waals surface area contributed by atoms with Crippen molar-refractivity contribution in [3.05, 3.63) is 58.1 Å². The van der Waals surface area contributed by atoms with Crippen LogP contribution in [-0.4, -0.2) is 32.7 Å². The molecule has 0 fully saturated rings. The van der Waals surface area contributed by atoms with E-state index in [4.69, 9.17) is 4.74 Å². The number of ether oxygens (including phenoxy) is 1. The summed E-state index contributed by atoms with van der Waals surface area (Å²) in [7, 11) is -3.64. The third-order valence-electron chi connectivity index (χ3n) is 5.94. The number of hydrogen-bond acceptors (Lipinski definition) is 4. The number of nitrogens with zero attached hydrogens (tertiary/aromatic N) is 1. The number of sulfonamides is 1. The first-order chi connectivity index (χ1) is 14.6. The molecule has 0 spiro atoms. The van der Waals surface area contributed by atoms with Crippen molar-refractivity contribution in [3.8, 4) is 5.75 Å². The summed E-state index contributed by atoms with van der Waals surface area (Å²) in [5, 5.41) is 3.06. The second-order valence-corrected chi connectivity index (χ2v) is 10.8. The maximum atomic E-state index is 13.0. The molecule has 0 saturated carbocycles. The zero-order chi connectivity index (χ0) is 22.8. The quantitative estimate of drug-likeness (QED) is 0.586. The van der Waals surface area contributed by atoms with Crippen molar-refractivity contribution in [1.29, 1.82) is 0 Å². The van der Waals surface area contributed by atoms with E-state index >= 15 is 0 Å². The molecule has 0 unspecified atom stereocenters. The number of carbonyl (C=O) groups excluding carboxylic acids is 1. The van der Waals surface area contributed by atoms with E-state index in [1.807, 2.05) is 31.2 Å². The molecule has 0 saturated heterocycles. The van der Waals surface area contributed by atoms with Gasteiger partial charge in [0, 0.05) is 16.5 Å². The number of hydrogen-bond donors (Lipinski definition) is 1. The number of amides is 1. The van der Waals surface area contributed by atoms with Crippen molar-refractivity contribution >= 4 is 37.5 Å². The minimum Gasteiger partial charge on any atom is -0.487 e. The average molecular weight is 509 g/mol. The van der Waals surface area contributed by atoms with E-state index in [0.29, 0.717) is 12.1 Å². The van der Waals surface area contributed by atoms with E-state index in [0.717, 1.165) is 44.8 Å². The van der Waals surface area contributed by atoms with Crippen LogP contribution in [0.3, 0.4) is 0 Å². The molecule has 31 heavy (non-hydrogen) atoms. The lowest BCUT2D eigenvalue weighted by molar-refractivity contribution is -0.121. The lowest BCUT2D eigenvalue weighted by Gasteiger charge is -2.41. The molecule has 1 atom stereocenters. The first-order valence-corrected chi connectivity index (χ1v) is 13.0. The molecular formula is C23H29BrN2O4S. The van der Waals surface area contributed by atoms with Gasteiger partial charge in [0.05, 0.1) is 18.0 Å². The highest BCUT2D eigenvalue weighted by molar-refractivity contribution is 9.10. The summed E-state index contributed by atoms with van der Waals surface area (Å²) in [4.78, 5) is 13.0. The number of fused-ring (bicyclic) bond motifs is 1. The van der Waals surface area contributed by atoms with Crippen LogP contribution in [0.4, 0.5) is 5.69 Å². The van der Waals surface area contributed by atoms with E-state index < -0.39 is 10.0 Å². The highest BCUT2D eigenvalue weighted by Crippen LogP contribution is 2.42. The zero-order valence-corrected chi connectivity index (χ0v) is 20.7. The van der Waals surface area contributed by atoms with Crippen molar-refractivity contribution in [3.63, 3.8) is 0 Å². The van der Waals surface area contributed by atoms with Gasteiger partial charge in [0.25, 0.3) is 0 Å². The van der Waals surface area contributed by atoms with Gasteiger partial charge in [-0.2, -0.15) is 0 Å². The van der Waals surface area contributed by atoms with E-state index in [1.165, 1.54) is 0 Å². The molecule has 8 heteroatoms. The minimum atomic E-state index is -3.64. The van der Waals surface area contributed by atoms with Crippen LogP contribution < -0.4 is 14.4 Å². The number of anilines is 1.